The number of carbonyl (C=O) groups is 1. The maximum absolute atomic E-state index is 10.9. The first-order chi connectivity index (χ1) is 7.29. The molecule has 0 saturated carbocycles. The molecule has 6 nitrogen and oxygen atoms in total. The van der Waals surface area contributed by atoms with Gasteiger partial charge >= 0.3 is 5.97 Å². The summed E-state index contributed by atoms with van der Waals surface area (Å²) in [4.78, 5) is 26.1. The summed E-state index contributed by atoms with van der Waals surface area (Å²) in [6.45, 7) is 0. The van der Waals surface area contributed by atoms with Crippen molar-refractivity contribution < 1.29 is 9.90 Å². The van der Waals surface area contributed by atoms with Gasteiger partial charge in [0.1, 0.15) is 6.33 Å². The van der Waals surface area contributed by atoms with Gasteiger partial charge in [-0.25, -0.2) is 14.8 Å². The van der Waals surface area contributed by atoms with E-state index in [1.54, 1.807) is 0 Å². The molecule has 0 unspecified atom stereocenters. The Hall–Kier alpha value is -2.37. The number of aromatic nitrogens is 4. The molecule has 2 heterocycles. The minimum Gasteiger partial charge on any atom is -0.476 e. The van der Waals surface area contributed by atoms with Crippen LogP contribution in [0.5, 0.6) is 0 Å². The average Bonchev–Trinajstić information content (AvgIpc) is 2.30. The van der Waals surface area contributed by atoms with Gasteiger partial charge in [-0.05, 0) is 0 Å². The van der Waals surface area contributed by atoms with Crippen molar-refractivity contribution in [1.29, 1.82) is 0 Å². The third kappa shape index (κ3) is 1.78. The van der Waals surface area contributed by atoms with Gasteiger partial charge in [-0.1, -0.05) is 0 Å². The van der Waals surface area contributed by atoms with Crippen LogP contribution in [0, 0.1) is 0 Å². The van der Waals surface area contributed by atoms with Crippen molar-refractivity contribution in [2.75, 3.05) is 0 Å². The Labute approximate surface area is 84.7 Å². The van der Waals surface area contributed by atoms with Crippen molar-refractivity contribution in [2.24, 2.45) is 0 Å². The fourth-order valence-corrected chi connectivity index (χ4v) is 1.13. The molecule has 0 radical (unpaired) electrons. The second kappa shape index (κ2) is 3.79. The quantitative estimate of drug-likeness (QED) is 0.768. The van der Waals surface area contributed by atoms with Crippen molar-refractivity contribution in [3.8, 4) is 11.3 Å². The zero-order chi connectivity index (χ0) is 10.7. The Kier molecular flexibility index (Phi) is 2.32. The molecule has 0 aromatic carbocycles. The molecular formula is C9H6N4O2. The smallest absolute Gasteiger partial charge is 0.355 e. The number of nitrogens with zero attached hydrogens (tertiary/aromatic N) is 4. The van der Waals surface area contributed by atoms with Crippen LogP contribution in [0.2, 0.25) is 0 Å². The van der Waals surface area contributed by atoms with Crippen LogP contribution >= 0.6 is 0 Å². The van der Waals surface area contributed by atoms with E-state index in [1.807, 2.05) is 0 Å². The molecule has 0 aliphatic rings. The lowest BCUT2D eigenvalue weighted by Gasteiger charge is -2.01. The molecular weight excluding hydrogens is 196 g/mol. The summed E-state index contributed by atoms with van der Waals surface area (Å²) >= 11 is 0. The molecule has 15 heavy (non-hydrogen) atoms. The van der Waals surface area contributed by atoms with Gasteiger partial charge in [-0.15, -0.1) is 0 Å². The molecule has 0 bridgehead atoms. The SMILES string of the molecule is O=C(O)c1ncncc1-c1cnccn1. The second-order valence-electron chi connectivity index (χ2n) is 2.68. The van der Waals surface area contributed by atoms with Crippen molar-refractivity contribution in [3.05, 3.63) is 36.8 Å². The van der Waals surface area contributed by atoms with Crippen molar-refractivity contribution in [3.63, 3.8) is 0 Å². The van der Waals surface area contributed by atoms with Crippen LogP contribution in [0.3, 0.4) is 0 Å². The average molecular weight is 202 g/mol. The number of carboxylic acid groups (broad SMARTS) is 1. The summed E-state index contributed by atoms with van der Waals surface area (Å²) < 4.78 is 0. The molecule has 2 aromatic rings. The molecule has 2 rings (SSSR count). The van der Waals surface area contributed by atoms with Gasteiger partial charge in [0.15, 0.2) is 5.69 Å². The van der Waals surface area contributed by atoms with Gasteiger partial charge in [0.25, 0.3) is 0 Å². The highest BCUT2D eigenvalue weighted by molar-refractivity contribution is 5.92. The Morgan fingerprint density at radius 1 is 1.13 bits per heavy atom. The van der Waals surface area contributed by atoms with Gasteiger partial charge in [0.05, 0.1) is 17.5 Å². The number of carboxylic acids is 1. The standard InChI is InChI=1S/C9H6N4O2/c14-9(15)8-6(3-11-5-13-8)7-4-10-1-2-12-7/h1-5H,(H,14,15). The normalized spacial score (nSPS) is 9.87. The van der Waals surface area contributed by atoms with E-state index in [4.69, 9.17) is 5.11 Å². The Morgan fingerprint density at radius 3 is 2.67 bits per heavy atom. The van der Waals surface area contributed by atoms with Gasteiger partial charge in [0.2, 0.25) is 0 Å². The third-order valence-electron chi connectivity index (χ3n) is 1.75. The zero-order valence-electron chi connectivity index (χ0n) is 7.53. The Bertz CT molecular complexity index is 486. The molecule has 6 heteroatoms. The lowest BCUT2D eigenvalue weighted by atomic mass is 10.2. The highest BCUT2D eigenvalue weighted by Crippen LogP contribution is 2.17. The van der Waals surface area contributed by atoms with Gasteiger partial charge in [0, 0.05) is 18.6 Å². The summed E-state index contributed by atoms with van der Waals surface area (Å²) in [5.74, 6) is -1.11. The minimum absolute atomic E-state index is 0.0782. The number of aromatic carboxylic acids is 1. The molecule has 0 aliphatic carbocycles. The van der Waals surface area contributed by atoms with E-state index in [1.165, 1.54) is 31.1 Å². The molecule has 0 spiro atoms. The van der Waals surface area contributed by atoms with Gasteiger partial charge in [-0.3, -0.25) is 9.97 Å². The lowest BCUT2D eigenvalue weighted by molar-refractivity contribution is 0.0691. The number of hydrogen-bond donors (Lipinski definition) is 1. The summed E-state index contributed by atoms with van der Waals surface area (Å²) in [5, 5.41) is 8.89. The highest BCUT2D eigenvalue weighted by atomic mass is 16.4. The minimum atomic E-state index is -1.11. The van der Waals surface area contributed by atoms with E-state index < -0.39 is 5.97 Å². The van der Waals surface area contributed by atoms with Crippen LogP contribution < -0.4 is 0 Å². The first-order valence-electron chi connectivity index (χ1n) is 4.08. The Balaban J connectivity index is 2.58. The summed E-state index contributed by atoms with van der Waals surface area (Å²) in [6.07, 6.45) is 7.04. The lowest BCUT2D eigenvalue weighted by Crippen LogP contribution is -2.04. The first-order valence-corrected chi connectivity index (χ1v) is 4.08. The van der Waals surface area contributed by atoms with Crippen LogP contribution in [0.1, 0.15) is 10.5 Å². The molecule has 1 N–H and O–H groups in total. The molecule has 0 atom stereocenters. The molecule has 74 valence electrons. The van der Waals surface area contributed by atoms with E-state index in [0.717, 1.165) is 0 Å². The topological polar surface area (TPSA) is 88.9 Å². The van der Waals surface area contributed by atoms with Crippen LogP contribution in [-0.2, 0) is 0 Å². The van der Waals surface area contributed by atoms with Crippen molar-refractivity contribution in [2.45, 2.75) is 0 Å². The van der Waals surface area contributed by atoms with E-state index >= 15 is 0 Å². The van der Waals surface area contributed by atoms with Crippen molar-refractivity contribution in [1.82, 2.24) is 19.9 Å². The van der Waals surface area contributed by atoms with Crippen LogP contribution in [0.25, 0.3) is 11.3 Å². The molecule has 0 aliphatic heterocycles. The third-order valence-corrected chi connectivity index (χ3v) is 1.75. The number of rotatable bonds is 2. The van der Waals surface area contributed by atoms with E-state index in [-0.39, 0.29) is 5.69 Å². The summed E-state index contributed by atoms with van der Waals surface area (Å²) in [6, 6.07) is 0. The van der Waals surface area contributed by atoms with E-state index in [2.05, 4.69) is 19.9 Å². The van der Waals surface area contributed by atoms with Gasteiger partial charge < -0.3 is 5.11 Å². The molecule has 0 fully saturated rings. The fraction of sp³-hybridized carbons (Fsp3) is 0. The van der Waals surface area contributed by atoms with E-state index in [0.29, 0.717) is 11.3 Å². The molecule has 0 saturated heterocycles. The maximum Gasteiger partial charge on any atom is 0.355 e. The van der Waals surface area contributed by atoms with Crippen LogP contribution in [-0.4, -0.2) is 31.0 Å². The number of hydrogen-bond acceptors (Lipinski definition) is 5. The largest absolute Gasteiger partial charge is 0.476 e. The first kappa shape index (κ1) is 9.20. The van der Waals surface area contributed by atoms with Crippen LogP contribution in [0.4, 0.5) is 0 Å². The summed E-state index contributed by atoms with van der Waals surface area (Å²) in [7, 11) is 0. The predicted octanol–water partition coefficient (Wildman–Crippen LogP) is 0.632. The Morgan fingerprint density at radius 2 is 2.00 bits per heavy atom. The zero-order valence-corrected chi connectivity index (χ0v) is 7.53. The van der Waals surface area contributed by atoms with Crippen LogP contribution in [0.15, 0.2) is 31.1 Å². The molecule has 2 aromatic heterocycles. The monoisotopic (exact) mass is 202 g/mol. The maximum atomic E-state index is 10.9. The summed E-state index contributed by atoms with van der Waals surface area (Å²) in [5.41, 5.74) is 0.721. The highest BCUT2D eigenvalue weighted by Gasteiger charge is 2.13. The van der Waals surface area contributed by atoms with Crippen molar-refractivity contribution >= 4 is 5.97 Å². The second-order valence-corrected chi connectivity index (χ2v) is 2.68. The van der Waals surface area contributed by atoms with E-state index in [9.17, 15) is 4.79 Å². The molecule has 0 amide bonds. The fourth-order valence-electron chi connectivity index (χ4n) is 1.13. The predicted molar refractivity (Wildman–Crippen MR) is 50.0 cm³/mol. The van der Waals surface area contributed by atoms with Gasteiger partial charge in [-0.2, -0.15) is 0 Å².